The van der Waals surface area contributed by atoms with Crippen LogP contribution in [-0.2, 0) is 22.5 Å². The number of fused-ring (bicyclic) bond motifs is 1. The number of ether oxygens (including phenoxy) is 3. The number of nitrogens with two attached hydrogens (primary N) is 1. The molecule has 0 aliphatic heterocycles. The lowest BCUT2D eigenvalue weighted by atomic mass is 10.1. The van der Waals surface area contributed by atoms with Crippen LogP contribution in [0.2, 0.25) is 0 Å². The lowest BCUT2D eigenvalue weighted by Crippen LogP contribution is -2.30. The van der Waals surface area contributed by atoms with Gasteiger partial charge in [0.1, 0.15) is 28.9 Å². The number of carbonyl (C=O) groups is 2. The van der Waals surface area contributed by atoms with Crippen LogP contribution in [0.25, 0.3) is 16.6 Å². The Hall–Kier alpha value is -5.29. The topological polar surface area (TPSA) is 141 Å². The normalized spacial score (nSPS) is 11.7. The maximum atomic E-state index is 13.6. The number of esters is 1. The maximum Gasteiger partial charge on any atom is 0.320 e. The van der Waals surface area contributed by atoms with Gasteiger partial charge in [0.25, 0.3) is 5.56 Å². The van der Waals surface area contributed by atoms with Crippen molar-refractivity contribution >= 4 is 22.7 Å². The number of nitrogens with zero attached hydrogens (tertiary/aromatic N) is 4. The zero-order valence-electron chi connectivity index (χ0n) is 24.0. The molecule has 0 spiro atoms. The van der Waals surface area contributed by atoms with Gasteiger partial charge in [0, 0.05) is 29.0 Å². The molecule has 0 bridgehead atoms. The quantitative estimate of drug-likeness (QED) is 0.181. The highest BCUT2D eigenvalue weighted by Crippen LogP contribution is 2.30. The highest BCUT2D eigenvalue weighted by atomic mass is 16.5. The summed E-state index contributed by atoms with van der Waals surface area (Å²) >= 11 is 0. The molecule has 0 fully saturated rings. The van der Waals surface area contributed by atoms with Crippen molar-refractivity contribution in [2.75, 3.05) is 13.7 Å². The van der Waals surface area contributed by atoms with Gasteiger partial charge in [-0.2, -0.15) is 0 Å². The molecule has 43 heavy (non-hydrogen) atoms. The van der Waals surface area contributed by atoms with Gasteiger partial charge in [-0.3, -0.25) is 29.0 Å². The van der Waals surface area contributed by atoms with Gasteiger partial charge in [-0.05, 0) is 56.3 Å². The number of Topliss-reactive ketones (excluding diaryl/α,β-unsaturated/α-hetero) is 1. The van der Waals surface area contributed by atoms with Crippen LogP contribution in [0.1, 0.15) is 28.7 Å². The number of hydrogen-bond donors (Lipinski definition) is 1. The van der Waals surface area contributed by atoms with Gasteiger partial charge >= 0.3 is 5.97 Å². The average Bonchev–Trinajstić information content (AvgIpc) is 3.26. The predicted molar refractivity (Wildman–Crippen MR) is 160 cm³/mol. The average molecular weight is 582 g/mol. The molecule has 2 aromatic carbocycles. The lowest BCUT2D eigenvalue weighted by molar-refractivity contribution is -0.147. The van der Waals surface area contributed by atoms with E-state index in [4.69, 9.17) is 19.9 Å². The van der Waals surface area contributed by atoms with Crippen molar-refractivity contribution in [1.82, 2.24) is 19.3 Å². The molecule has 0 radical (unpaired) electrons. The zero-order valence-corrected chi connectivity index (χ0v) is 24.0. The van der Waals surface area contributed by atoms with Crippen LogP contribution in [0.4, 0.5) is 0 Å². The monoisotopic (exact) mass is 581 g/mol. The third kappa shape index (κ3) is 6.31. The molecule has 0 aliphatic carbocycles. The standard InChI is InChI=1S/C32H31N5O6/c1-20(42-30(39)17-33)19-36-21(2)31(32(40)37(36)23-7-5-4-6-8-23)28(38)15-22-9-10-25(18-35-22)43-29-13-14-34-27-16-24(41-3)11-12-26(27)29/h4-14,16,18,20H,15,17,19,33H2,1-3H3/t20-/m1/s1. The van der Waals surface area contributed by atoms with E-state index in [9.17, 15) is 14.4 Å². The van der Waals surface area contributed by atoms with E-state index in [0.29, 0.717) is 34.3 Å². The van der Waals surface area contributed by atoms with E-state index in [-0.39, 0.29) is 30.9 Å². The minimum absolute atomic E-state index is 0.0435. The third-order valence-electron chi connectivity index (χ3n) is 6.88. The molecule has 0 saturated carbocycles. The van der Waals surface area contributed by atoms with Crippen molar-refractivity contribution < 1.29 is 23.8 Å². The highest BCUT2D eigenvalue weighted by Gasteiger charge is 2.25. The van der Waals surface area contributed by atoms with Crippen LogP contribution in [0, 0.1) is 6.92 Å². The Kier molecular flexibility index (Phi) is 8.63. The molecule has 3 aromatic heterocycles. The molecule has 2 N–H and O–H groups in total. The molecule has 0 saturated heterocycles. The molecule has 3 heterocycles. The van der Waals surface area contributed by atoms with Crippen molar-refractivity contribution in [3.05, 3.63) is 106 Å². The second kappa shape index (κ2) is 12.7. The van der Waals surface area contributed by atoms with Crippen LogP contribution in [0.5, 0.6) is 17.2 Å². The molecule has 5 aromatic rings. The van der Waals surface area contributed by atoms with Gasteiger partial charge in [0.2, 0.25) is 0 Å². The van der Waals surface area contributed by atoms with Crippen molar-refractivity contribution in [1.29, 1.82) is 0 Å². The number of hydrogen-bond acceptors (Lipinski definition) is 9. The summed E-state index contributed by atoms with van der Waals surface area (Å²) in [5.41, 5.74) is 7.19. The van der Waals surface area contributed by atoms with Gasteiger partial charge in [-0.15, -0.1) is 0 Å². The van der Waals surface area contributed by atoms with E-state index in [0.717, 1.165) is 10.9 Å². The summed E-state index contributed by atoms with van der Waals surface area (Å²) < 4.78 is 19.7. The number of benzene rings is 2. The smallest absolute Gasteiger partial charge is 0.320 e. The molecular weight excluding hydrogens is 550 g/mol. The summed E-state index contributed by atoms with van der Waals surface area (Å²) in [5.74, 6) is 0.835. The summed E-state index contributed by atoms with van der Waals surface area (Å²) in [4.78, 5) is 47.7. The van der Waals surface area contributed by atoms with Gasteiger partial charge in [-0.25, -0.2) is 4.68 Å². The fourth-order valence-corrected chi connectivity index (χ4v) is 4.84. The Morgan fingerprint density at radius 3 is 2.47 bits per heavy atom. The van der Waals surface area contributed by atoms with Gasteiger partial charge in [0.05, 0.1) is 44.0 Å². The van der Waals surface area contributed by atoms with Crippen molar-refractivity contribution in [3.8, 4) is 22.9 Å². The summed E-state index contributed by atoms with van der Waals surface area (Å²) in [7, 11) is 1.60. The van der Waals surface area contributed by atoms with Gasteiger partial charge in [-0.1, -0.05) is 18.2 Å². The number of pyridine rings is 2. The predicted octanol–water partition coefficient (Wildman–Crippen LogP) is 4.01. The minimum atomic E-state index is -0.590. The van der Waals surface area contributed by atoms with Crippen LogP contribution in [0.3, 0.4) is 0 Å². The molecular formula is C32H31N5O6. The molecule has 1 atom stereocenters. The van der Waals surface area contributed by atoms with Crippen LogP contribution in [0.15, 0.2) is 83.9 Å². The Morgan fingerprint density at radius 1 is 1.00 bits per heavy atom. The summed E-state index contributed by atoms with van der Waals surface area (Å²) in [6, 6.07) is 19.7. The highest BCUT2D eigenvalue weighted by molar-refractivity contribution is 5.98. The number of ketones is 1. The first-order valence-electron chi connectivity index (χ1n) is 13.6. The van der Waals surface area contributed by atoms with E-state index in [1.165, 1.54) is 10.9 Å². The van der Waals surface area contributed by atoms with Crippen molar-refractivity contribution in [3.63, 3.8) is 0 Å². The summed E-state index contributed by atoms with van der Waals surface area (Å²) in [6.07, 6.45) is 2.50. The number of carbonyl (C=O) groups excluding carboxylic acids is 2. The first-order valence-corrected chi connectivity index (χ1v) is 13.6. The second-order valence-electron chi connectivity index (χ2n) is 9.88. The lowest BCUT2D eigenvalue weighted by Gasteiger charge is -2.18. The van der Waals surface area contributed by atoms with Gasteiger partial charge < -0.3 is 19.9 Å². The first kappa shape index (κ1) is 29.2. The third-order valence-corrected chi connectivity index (χ3v) is 6.88. The number of aromatic nitrogens is 4. The molecule has 5 rings (SSSR count). The largest absolute Gasteiger partial charge is 0.497 e. The molecule has 220 valence electrons. The molecule has 0 aliphatic rings. The Labute approximate surface area is 247 Å². The fourth-order valence-electron chi connectivity index (χ4n) is 4.84. The first-order chi connectivity index (χ1) is 20.8. The maximum absolute atomic E-state index is 13.6. The molecule has 0 amide bonds. The van der Waals surface area contributed by atoms with Crippen LogP contribution < -0.4 is 20.8 Å². The molecule has 11 nitrogen and oxygen atoms in total. The van der Waals surface area contributed by atoms with E-state index >= 15 is 0 Å². The van der Waals surface area contributed by atoms with Gasteiger partial charge in [0.15, 0.2) is 5.78 Å². The Bertz CT molecular complexity index is 1830. The van der Waals surface area contributed by atoms with Crippen LogP contribution in [-0.4, -0.2) is 50.8 Å². The second-order valence-corrected chi connectivity index (χ2v) is 9.88. The van der Waals surface area contributed by atoms with E-state index in [1.54, 1.807) is 74.3 Å². The zero-order chi connectivity index (χ0) is 30.5. The minimum Gasteiger partial charge on any atom is -0.497 e. The Balaban J connectivity index is 1.38. The summed E-state index contributed by atoms with van der Waals surface area (Å²) in [5, 5.41) is 0.810. The molecule has 11 heteroatoms. The van der Waals surface area contributed by atoms with Crippen molar-refractivity contribution in [2.45, 2.75) is 32.9 Å². The number of methoxy groups -OCH3 is 1. The fraction of sp³-hybridized carbons (Fsp3) is 0.219. The molecule has 0 unspecified atom stereocenters. The van der Waals surface area contributed by atoms with E-state index in [1.807, 2.05) is 24.3 Å². The van der Waals surface area contributed by atoms with E-state index in [2.05, 4.69) is 9.97 Å². The van der Waals surface area contributed by atoms with Crippen LogP contribution >= 0.6 is 0 Å². The SMILES string of the molecule is COc1ccc2c(Oc3ccc(CC(=O)c4c(C)n(C[C@@H](C)OC(=O)CN)n(-c5ccccc5)c4=O)nc3)ccnc2c1. The van der Waals surface area contributed by atoms with Crippen molar-refractivity contribution in [2.24, 2.45) is 5.73 Å². The Morgan fingerprint density at radius 2 is 1.77 bits per heavy atom. The summed E-state index contributed by atoms with van der Waals surface area (Å²) in [6.45, 7) is 3.29. The number of rotatable bonds is 11. The number of para-hydroxylation sites is 1. The van der Waals surface area contributed by atoms with E-state index < -0.39 is 17.6 Å².